The molecule has 1 saturated heterocycles. The van der Waals surface area contributed by atoms with Crippen LogP contribution in [0.25, 0.3) is 0 Å². The molecule has 84 valence electrons. The summed E-state index contributed by atoms with van der Waals surface area (Å²) >= 11 is 0. The SMILES string of the molecule is Cc1ccc(C#N)c(N2CCC(C)CC2)n1. The number of pyridine rings is 1. The van der Waals surface area contributed by atoms with Crippen LogP contribution < -0.4 is 4.90 Å². The number of nitriles is 1. The van der Waals surface area contributed by atoms with E-state index in [1.54, 1.807) is 0 Å². The molecule has 2 heterocycles. The van der Waals surface area contributed by atoms with E-state index in [0.717, 1.165) is 30.5 Å². The smallest absolute Gasteiger partial charge is 0.146 e. The highest BCUT2D eigenvalue weighted by atomic mass is 15.2. The van der Waals surface area contributed by atoms with Crippen LogP contribution in [-0.2, 0) is 0 Å². The van der Waals surface area contributed by atoms with Crippen molar-refractivity contribution >= 4 is 5.82 Å². The van der Waals surface area contributed by atoms with Crippen LogP contribution in [0.2, 0.25) is 0 Å². The standard InChI is InChI=1S/C13H17N3/c1-10-5-7-16(8-6-10)13-12(9-14)4-3-11(2)15-13/h3-4,10H,5-8H2,1-2H3. The third-order valence-corrected chi connectivity index (χ3v) is 3.22. The normalized spacial score (nSPS) is 17.2. The van der Waals surface area contributed by atoms with Crippen molar-refractivity contribution in [2.75, 3.05) is 18.0 Å². The highest BCUT2D eigenvalue weighted by Gasteiger charge is 2.19. The van der Waals surface area contributed by atoms with Crippen LogP contribution in [0.15, 0.2) is 12.1 Å². The first-order chi connectivity index (χ1) is 7.70. The number of rotatable bonds is 1. The minimum atomic E-state index is 0.695. The van der Waals surface area contributed by atoms with Crippen molar-refractivity contribution in [3.05, 3.63) is 23.4 Å². The molecule has 0 bridgehead atoms. The summed E-state index contributed by atoms with van der Waals surface area (Å²) in [6, 6.07) is 6.00. The Morgan fingerprint density at radius 2 is 2.06 bits per heavy atom. The molecule has 0 saturated carbocycles. The fraction of sp³-hybridized carbons (Fsp3) is 0.538. The lowest BCUT2D eigenvalue weighted by Crippen LogP contribution is -2.34. The van der Waals surface area contributed by atoms with Gasteiger partial charge in [-0.1, -0.05) is 6.92 Å². The lowest BCUT2D eigenvalue weighted by atomic mass is 9.99. The van der Waals surface area contributed by atoms with Gasteiger partial charge in [-0.3, -0.25) is 0 Å². The lowest BCUT2D eigenvalue weighted by molar-refractivity contribution is 0.436. The third-order valence-electron chi connectivity index (χ3n) is 3.22. The van der Waals surface area contributed by atoms with E-state index >= 15 is 0 Å². The van der Waals surface area contributed by atoms with Gasteiger partial charge in [-0.05, 0) is 37.8 Å². The molecule has 0 amide bonds. The monoisotopic (exact) mass is 215 g/mol. The van der Waals surface area contributed by atoms with Gasteiger partial charge in [-0.15, -0.1) is 0 Å². The van der Waals surface area contributed by atoms with Crippen molar-refractivity contribution < 1.29 is 0 Å². The maximum atomic E-state index is 9.08. The van der Waals surface area contributed by atoms with Gasteiger partial charge >= 0.3 is 0 Å². The predicted octanol–water partition coefficient (Wildman–Crippen LogP) is 2.50. The molecule has 0 aromatic carbocycles. The van der Waals surface area contributed by atoms with Gasteiger partial charge in [-0.25, -0.2) is 4.98 Å². The zero-order valence-electron chi connectivity index (χ0n) is 9.90. The lowest BCUT2D eigenvalue weighted by Gasteiger charge is -2.31. The maximum absolute atomic E-state index is 9.08. The van der Waals surface area contributed by atoms with Gasteiger partial charge in [0, 0.05) is 18.8 Å². The molecular formula is C13H17N3. The van der Waals surface area contributed by atoms with Gasteiger partial charge in [0.05, 0.1) is 5.56 Å². The molecule has 3 nitrogen and oxygen atoms in total. The number of anilines is 1. The van der Waals surface area contributed by atoms with Gasteiger partial charge in [0.1, 0.15) is 11.9 Å². The Hall–Kier alpha value is -1.56. The Morgan fingerprint density at radius 1 is 1.38 bits per heavy atom. The summed E-state index contributed by atoms with van der Waals surface area (Å²) in [5.74, 6) is 1.67. The first kappa shape index (κ1) is 10.9. The molecule has 0 atom stereocenters. The number of aryl methyl sites for hydroxylation is 1. The second-order valence-corrected chi connectivity index (χ2v) is 4.61. The molecular weight excluding hydrogens is 198 g/mol. The molecule has 3 heteroatoms. The van der Waals surface area contributed by atoms with Crippen LogP contribution in [-0.4, -0.2) is 18.1 Å². The summed E-state index contributed by atoms with van der Waals surface area (Å²) in [6.45, 7) is 6.29. The van der Waals surface area contributed by atoms with Crippen LogP contribution in [0.3, 0.4) is 0 Å². The van der Waals surface area contributed by atoms with E-state index in [2.05, 4.69) is 22.9 Å². The summed E-state index contributed by atoms with van der Waals surface area (Å²) in [6.07, 6.45) is 2.39. The van der Waals surface area contributed by atoms with E-state index in [0.29, 0.717) is 5.56 Å². The van der Waals surface area contributed by atoms with Crippen LogP contribution in [0.1, 0.15) is 31.0 Å². The largest absolute Gasteiger partial charge is 0.355 e. The maximum Gasteiger partial charge on any atom is 0.146 e. The zero-order chi connectivity index (χ0) is 11.5. The second-order valence-electron chi connectivity index (χ2n) is 4.61. The fourth-order valence-electron chi connectivity index (χ4n) is 2.09. The third kappa shape index (κ3) is 2.16. The first-order valence-corrected chi connectivity index (χ1v) is 5.83. The van der Waals surface area contributed by atoms with Crippen LogP contribution in [0.5, 0.6) is 0 Å². The average Bonchev–Trinajstić information content (AvgIpc) is 2.30. The highest BCUT2D eigenvalue weighted by Crippen LogP contribution is 2.24. The van der Waals surface area contributed by atoms with Crippen molar-refractivity contribution in [2.45, 2.75) is 26.7 Å². The van der Waals surface area contributed by atoms with Crippen molar-refractivity contribution in [1.82, 2.24) is 4.98 Å². The molecule has 0 radical (unpaired) electrons. The molecule has 1 aromatic rings. The van der Waals surface area contributed by atoms with Crippen LogP contribution in [0.4, 0.5) is 5.82 Å². The zero-order valence-corrected chi connectivity index (χ0v) is 9.90. The molecule has 2 rings (SSSR count). The van der Waals surface area contributed by atoms with Crippen molar-refractivity contribution in [3.8, 4) is 6.07 Å². The van der Waals surface area contributed by atoms with E-state index in [1.165, 1.54) is 12.8 Å². The molecule has 1 fully saturated rings. The Balaban J connectivity index is 2.26. The Morgan fingerprint density at radius 3 is 2.69 bits per heavy atom. The van der Waals surface area contributed by atoms with Crippen LogP contribution in [0, 0.1) is 24.2 Å². The minimum absolute atomic E-state index is 0.695. The Kier molecular flexibility index (Phi) is 3.09. The van der Waals surface area contributed by atoms with E-state index in [-0.39, 0.29) is 0 Å². The summed E-state index contributed by atoms with van der Waals surface area (Å²) < 4.78 is 0. The van der Waals surface area contributed by atoms with Crippen molar-refractivity contribution in [3.63, 3.8) is 0 Å². The summed E-state index contributed by atoms with van der Waals surface area (Å²) in [4.78, 5) is 6.74. The van der Waals surface area contributed by atoms with Gasteiger partial charge < -0.3 is 4.90 Å². The number of aromatic nitrogens is 1. The molecule has 1 aliphatic rings. The van der Waals surface area contributed by atoms with Crippen molar-refractivity contribution in [1.29, 1.82) is 5.26 Å². The number of hydrogen-bond acceptors (Lipinski definition) is 3. The number of hydrogen-bond donors (Lipinski definition) is 0. The fourth-order valence-corrected chi connectivity index (χ4v) is 2.09. The molecule has 16 heavy (non-hydrogen) atoms. The topological polar surface area (TPSA) is 39.9 Å². The first-order valence-electron chi connectivity index (χ1n) is 5.83. The molecule has 0 spiro atoms. The highest BCUT2D eigenvalue weighted by molar-refractivity contribution is 5.54. The van der Waals surface area contributed by atoms with E-state index < -0.39 is 0 Å². The van der Waals surface area contributed by atoms with Crippen molar-refractivity contribution in [2.24, 2.45) is 5.92 Å². The Bertz CT molecular complexity index is 412. The summed E-state index contributed by atoms with van der Waals surface area (Å²) in [7, 11) is 0. The molecule has 1 aliphatic heterocycles. The van der Waals surface area contributed by atoms with Gasteiger partial charge in [0.15, 0.2) is 0 Å². The average molecular weight is 215 g/mol. The van der Waals surface area contributed by atoms with Gasteiger partial charge in [0.25, 0.3) is 0 Å². The Labute approximate surface area is 96.7 Å². The van der Waals surface area contributed by atoms with Gasteiger partial charge in [-0.2, -0.15) is 5.26 Å². The summed E-state index contributed by atoms with van der Waals surface area (Å²) in [5.41, 5.74) is 1.67. The van der Waals surface area contributed by atoms with Gasteiger partial charge in [0.2, 0.25) is 0 Å². The van der Waals surface area contributed by atoms with E-state index in [1.807, 2.05) is 19.1 Å². The number of nitrogens with zero attached hydrogens (tertiary/aromatic N) is 3. The second kappa shape index (κ2) is 4.52. The minimum Gasteiger partial charge on any atom is -0.355 e. The molecule has 0 aliphatic carbocycles. The predicted molar refractivity (Wildman–Crippen MR) is 64.3 cm³/mol. The van der Waals surface area contributed by atoms with E-state index in [4.69, 9.17) is 5.26 Å². The quantitative estimate of drug-likeness (QED) is 0.722. The van der Waals surface area contributed by atoms with Crippen LogP contribution >= 0.6 is 0 Å². The number of piperidine rings is 1. The molecule has 0 N–H and O–H groups in total. The molecule has 1 aromatic heterocycles. The van der Waals surface area contributed by atoms with E-state index in [9.17, 15) is 0 Å². The molecule has 0 unspecified atom stereocenters. The summed E-state index contributed by atoms with van der Waals surface area (Å²) in [5, 5.41) is 9.08.